The van der Waals surface area contributed by atoms with Crippen LogP contribution < -0.4 is 10.9 Å². The minimum absolute atomic E-state index is 0.00220. The number of nitrogens with zero attached hydrogens (tertiary/aromatic N) is 2. The fraction of sp³-hybridized carbons (Fsp3) is 0.304. The largest absolute Gasteiger partial charge is 0.463 e. The lowest BCUT2D eigenvalue weighted by molar-refractivity contribution is -0.148. The van der Waals surface area contributed by atoms with Crippen LogP contribution in [0.1, 0.15) is 37.7 Å². The molecule has 1 aromatic heterocycles. The number of hydrogen-bond donors (Lipinski definition) is 1. The van der Waals surface area contributed by atoms with Crippen LogP contribution in [0.15, 0.2) is 59.4 Å². The van der Waals surface area contributed by atoms with Crippen molar-refractivity contribution < 1.29 is 14.3 Å². The third-order valence-corrected chi connectivity index (χ3v) is 4.63. The predicted octanol–water partition coefficient (Wildman–Crippen LogP) is 2.90. The lowest BCUT2D eigenvalue weighted by atomic mass is 10.0. The molecule has 7 heteroatoms. The van der Waals surface area contributed by atoms with Crippen molar-refractivity contribution in [1.82, 2.24) is 14.9 Å². The van der Waals surface area contributed by atoms with Gasteiger partial charge < -0.3 is 10.1 Å². The monoisotopic (exact) mass is 407 g/mol. The number of esters is 1. The van der Waals surface area contributed by atoms with Gasteiger partial charge in [-0.05, 0) is 38.5 Å². The average Bonchev–Trinajstić information content (AvgIpc) is 2.70. The minimum atomic E-state index is -0.561. The van der Waals surface area contributed by atoms with Crippen molar-refractivity contribution in [1.29, 1.82) is 0 Å². The van der Waals surface area contributed by atoms with Crippen LogP contribution in [0.5, 0.6) is 0 Å². The van der Waals surface area contributed by atoms with E-state index in [1.807, 2.05) is 36.4 Å². The zero-order chi connectivity index (χ0) is 21.7. The van der Waals surface area contributed by atoms with Crippen LogP contribution in [-0.4, -0.2) is 27.5 Å². The number of para-hydroxylation sites is 1. The second kappa shape index (κ2) is 9.35. The van der Waals surface area contributed by atoms with Gasteiger partial charge in [-0.2, -0.15) is 0 Å². The molecule has 0 aliphatic carbocycles. The Labute approximate surface area is 174 Å². The highest BCUT2D eigenvalue weighted by atomic mass is 16.5. The smallest absolute Gasteiger partial charge is 0.308 e. The van der Waals surface area contributed by atoms with Gasteiger partial charge in [0.25, 0.3) is 5.56 Å². The van der Waals surface area contributed by atoms with Gasteiger partial charge in [-0.15, -0.1) is 0 Å². The molecule has 30 heavy (non-hydrogen) atoms. The summed E-state index contributed by atoms with van der Waals surface area (Å²) in [5, 5.41) is 3.32. The van der Waals surface area contributed by atoms with Crippen molar-refractivity contribution in [2.75, 3.05) is 0 Å². The summed E-state index contributed by atoms with van der Waals surface area (Å²) in [5.74, 6) is -0.340. The molecule has 0 aliphatic heterocycles. The summed E-state index contributed by atoms with van der Waals surface area (Å²) < 4.78 is 6.57. The van der Waals surface area contributed by atoms with E-state index < -0.39 is 12.0 Å². The molecule has 0 fully saturated rings. The maximum absolute atomic E-state index is 12.8. The number of ether oxygens (including phenoxy) is 1. The number of aromatic nitrogens is 2. The first-order valence-corrected chi connectivity index (χ1v) is 9.85. The normalized spacial score (nSPS) is 12.0. The molecule has 156 valence electrons. The number of nitrogens with one attached hydrogen (secondary N) is 1. The SMILES string of the molecule is Cc1nc2ccccc2c(=O)n1CC(=O)NC(CC(=O)OC(C)C)c1ccccc1. The summed E-state index contributed by atoms with van der Waals surface area (Å²) in [4.78, 5) is 42.2. The van der Waals surface area contributed by atoms with E-state index in [4.69, 9.17) is 4.74 Å². The van der Waals surface area contributed by atoms with E-state index in [-0.39, 0.29) is 30.5 Å². The molecule has 0 saturated heterocycles. The first-order chi connectivity index (χ1) is 14.3. The van der Waals surface area contributed by atoms with Gasteiger partial charge in [0.15, 0.2) is 0 Å². The summed E-state index contributed by atoms with van der Waals surface area (Å²) in [7, 11) is 0. The summed E-state index contributed by atoms with van der Waals surface area (Å²) in [6.07, 6.45) is -0.243. The molecule has 3 aromatic rings. The number of amides is 1. The van der Waals surface area contributed by atoms with Gasteiger partial charge >= 0.3 is 5.97 Å². The number of carbonyl (C=O) groups excluding carboxylic acids is 2. The van der Waals surface area contributed by atoms with Crippen LogP contribution in [-0.2, 0) is 20.9 Å². The van der Waals surface area contributed by atoms with Gasteiger partial charge in [0.2, 0.25) is 5.91 Å². The predicted molar refractivity (Wildman–Crippen MR) is 114 cm³/mol. The third kappa shape index (κ3) is 5.11. The summed E-state index contributed by atoms with van der Waals surface area (Å²) in [6, 6.07) is 15.7. The quantitative estimate of drug-likeness (QED) is 0.608. The molecule has 0 spiro atoms. The first kappa shape index (κ1) is 21.2. The van der Waals surface area contributed by atoms with E-state index in [0.29, 0.717) is 16.7 Å². The minimum Gasteiger partial charge on any atom is -0.463 e. The summed E-state index contributed by atoms with van der Waals surface area (Å²) >= 11 is 0. The third-order valence-electron chi connectivity index (χ3n) is 4.63. The molecule has 2 aromatic carbocycles. The molecule has 1 heterocycles. The molecule has 7 nitrogen and oxygen atoms in total. The Morgan fingerprint density at radius 3 is 2.43 bits per heavy atom. The number of fused-ring (bicyclic) bond motifs is 1. The zero-order valence-electron chi connectivity index (χ0n) is 17.3. The number of carbonyl (C=O) groups is 2. The van der Waals surface area contributed by atoms with E-state index in [1.54, 1.807) is 39.0 Å². The van der Waals surface area contributed by atoms with E-state index in [0.717, 1.165) is 5.56 Å². The van der Waals surface area contributed by atoms with Crippen molar-refractivity contribution in [2.45, 2.75) is 45.9 Å². The molecule has 1 atom stereocenters. The van der Waals surface area contributed by atoms with Gasteiger partial charge in [-0.1, -0.05) is 42.5 Å². The molecule has 1 amide bonds. The number of benzene rings is 2. The Bertz CT molecular complexity index is 1110. The maximum Gasteiger partial charge on any atom is 0.308 e. The van der Waals surface area contributed by atoms with Crippen LogP contribution in [0.25, 0.3) is 10.9 Å². The van der Waals surface area contributed by atoms with Gasteiger partial charge in [-0.3, -0.25) is 19.0 Å². The lowest BCUT2D eigenvalue weighted by Gasteiger charge is -2.20. The molecule has 1 unspecified atom stereocenters. The van der Waals surface area contributed by atoms with E-state index in [2.05, 4.69) is 10.3 Å². The highest BCUT2D eigenvalue weighted by molar-refractivity contribution is 5.80. The fourth-order valence-corrected chi connectivity index (χ4v) is 3.26. The van der Waals surface area contributed by atoms with Crippen LogP contribution in [0.3, 0.4) is 0 Å². The number of rotatable bonds is 7. The van der Waals surface area contributed by atoms with Crippen molar-refractivity contribution >= 4 is 22.8 Å². The summed E-state index contributed by atoms with van der Waals surface area (Å²) in [5.41, 5.74) is 1.10. The highest BCUT2D eigenvalue weighted by Gasteiger charge is 2.21. The van der Waals surface area contributed by atoms with Crippen LogP contribution in [0, 0.1) is 6.92 Å². The van der Waals surface area contributed by atoms with Gasteiger partial charge in [0, 0.05) is 0 Å². The summed E-state index contributed by atoms with van der Waals surface area (Å²) in [6.45, 7) is 5.05. The number of hydrogen-bond acceptors (Lipinski definition) is 5. The van der Waals surface area contributed by atoms with E-state index in [9.17, 15) is 14.4 Å². The molecular weight excluding hydrogens is 382 g/mol. The molecule has 0 radical (unpaired) electrons. The fourth-order valence-electron chi connectivity index (χ4n) is 3.26. The van der Waals surface area contributed by atoms with Gasteiger partial charge in [-0.25, -0.2) is 4.98 Å². The molecule has 0 saturated carbocycles. The van der Waals surface area contributed by atoms with E-state index >= 15 is 0 Å². The molecule has 0 bridgehead atoms. The lowest BCUT2D eigenvalue weighted by Crippen LogP contribution is -2.37. The van der Waals surface area contributed by atoms with Crippen molar-refractivity contribution in [3.63, 3.8) is 0 Å². The van der Waals surface area contributed by atoms with Gasteiger partial charge in [0.05, 0.1) is 29.5 Å². The van der Waals surface area contributed by atoms with Crippen molar-refractivity contribution in [3.8, 4) is 0 Å². The van der Waals surface area contributed by atoms with E-state index in [1.165, 1.54) is 4.57 Å². The Morgan fingerprint density at radius 1 is 1.07 bits per heavy atom. The Kier molecular flexibility index (Phi) is 6.61. The Hall–Kier alpha value is -3.48. The first-order valence-electron chi connectivity index (χ1n) is 9.85. The topological polar surface area (TPSA) is 90.3 Å². The average molecular weight is 407 g/mol. The Balaban J connectivity index is 1.82. The molecule has 0 aliphatic rings. The van der Waals surface area contributed by atoms with Crippen molar-refractivity contribution in [2.24, 2.45) is 0 Å². The Morgan fingerprint density at radius 2 is 1.73 bits per heavy atom. The standard InChI is InChI=1S/C23H25N3O4/c1-15(2)30-22(28)13-20(17-9-5-4-6-10-17)25-21(27)14-26-16(3)24-19-12-8-7-11-18(19)23(26)29/h4-12,15,20H,13-14H2,1-3H3,(H,25,27). The second-order valence-corrected chi connectivity index (χ2v) is 7.34. The second-order valence-electron chi connectivity index (χ2n) is 7.34. The van der Waals surface area contributed by atoms with Gasteiger partial charge in [0.1, 0.15) is 12.4 Å². The zero-order valence-corrected chi connectivity index (χ0v) is 17.3. The van der Waals surface area contributed by atoms with Crippen molar-refractivity contribution in [3.05, 3.63) is 76.3 Å². The van der Waals surface area contributed by atoms with Crippen LogP contribution >= 0.6 is 0 Å². The van der Waals surface area contributed by atoms with Crippen LogP contribution in [0.4, 0.5) is 0 Å². The maximum atomic E-state index is 12.8. The molecular formula is C23H25N3O4. The molecule has 1 N–H and O–H groups in total. The number of aryl methyl sites for hydroxylation is 1. The highest BCUT2D eigenvalue weighted by Crippen LogP contribution is 2.18. The van der Waals surface area contributed by atoms with Crippen LogP contribution in [0.2, 0.25) is 0 Å². The molecule has 3 rings (SSSR count).